The highest BCUT2D eigenvalue weighted by molar-refractivity contribution is 7.72. The fourth-order valence-electron chi connectivity index (χ4n) is 3.00. The predicted octanol–water partition coefficient (Wildman–Crippen LogP) is 4.48. The lowest BCUT2D eigenvalue weighted by Gasteiger charge is -2.34. The van der Waals surface area contributed by atoms with E-state index >= 15 is 0 Å². The Labute approximate surface area is 158 Å². The SMILES string of the molecule is CCOP(=O)(OCC)C(NNC1CCC(C)CC1)P(=O)(OCC)OCC. The molecule has 0 aromatic heterocycles. The highest BCUT2D eigenvalue weighted by atomic mass is 31.2. The van der Waals surface area contributed by atoms with Crippen LogP contribution >= 0.6 is 15.2 Å². The first-order valence-electron chi connectivity index (χ1n) is 9.63. The molecule has 1 aliphatic carbocycles. The fourth-order valence-corrected chi connectivity index (χ4v) is 7.81. The molecule has 1 saturated carbocycles. The third-order valence-corrected chi connectivity index (χ3v) is 9.89. The minimum Gasteiger partial charge on any atom is -0.307 e. The van der Waals surface area contributed by atoms with E-state index in [0.29, 0.717) is 5.92 Å². The molecule has 26 heavy (non-hydrogen) atoms. The molecule has 2 N–H and O–H groups in total. The molecule has 0 unspecified atom stereocenters. The second-order valence-electron chi connectivity index (χ2n) is 6.37. The van der Waals surface area contributed by atoms with Crippen LogP contribution in [-0.4, -0.2) is 38.0 Å². The van der Waals surface area contributed by atoms with Crippen molar-refractivity contribution in [2.75, 3.05) is 26.4 Å². The summed E-state index contributed by atoms with van der Waals surface area (Å²) in [4.78, 5) is 0. The standard InChI is InChI=1S/C16H36N2O6P2/c1-6-21-25(19,22-7-2)16(26(20,23-8-3)24-9-4)18-17-15-12-10-14(5)11-13-15/h14-18H,6-13H2,1-5H3. The van der Waals surface area contributed by atoms with Crippen molar-refractivity contribution in [3.05, 3.63) is 0 Å². The largest absolute Gasteiger partial charge is 0.361 e. The van der Waals surface area contributed by atoms with Gasteiger partial charge in [-0.25, -0.2) is 5.43 Å². The Bertz CT molecular complexity index is 435. The maximum Gasteiger partial charge on any atom is 0.361 e. The van der Waals surface area contributed by atoms with Crippen LogP contribution in [0, 0.1) is 5.92 Å². The van der Waals surface area contributed by atoms with Gasteiger partial charge in [0.2, 0.25) is 5.52 Å². The summed E-state index contributed by atoms with van der Waals surface area (Å²) >= 11 is 0. The maximum absolute atomic E-state index is 13.4. The molecular formula is C16H36N2O6P2. The maximum atomic E-state index is 13.4. The number of nitrogens with one attached hydrogen (secondary N) is 2. The van der Waals surface area contributed by atoms with Crippen LogP contribution in [-0.2, 0) is 27.2 Å². The summed E-state index contributed by atoms with van der Waals surface area (Å²) < 4.78 is 48.4. The molecule has 0 amide bonds. The molecule has 0 aliphatic heterocycles. The van der Waals surface area contributed by atoms with Gasteiger partial charge >= 0.3 is 15.2 Å². The summed E-state index contributed by atoms with van der Waals surface area (Å²) in [6, 6.07) is 0.196. The van der Waals surface area contributed by atoms with Crippen molar-refractivity contribution in [1.82, 2.24) is 10.9 Å². The zero-order chi connectivity index (χ0) is 19.6. The number of hydrogen-bond acceptors (Lipinski definition) is 8. The molecule has 1 rings (SSSR count). The van der Waals surface area contributed by atoms with E-state index in [2.05, 4.69) is 17.8 Å². The molecule has 1 fully saturated rings. The van der Waals surface area contributed by atoms with Crippen LogP contribution in [0.25, 0.3) is 0 Å². The third-order valence-electron chi connectivity index (χ3n) is 4.27. The van der Waals surface area contributed by atoms with Crippen LogP contribution in [0.1, 0.15) is 60.3 Å². The molecule has 10 heteroatoms. The highest BCUT2D eigenvalue weighted by Crippen LogP contribution is 2.69. The Hall–Kier alpha value is 0.220. The van der Waals surface area contributed by atoms with Crippen LogP contribution in [0.2, 0.25) is 0 Å². The van der Waals surface area contributed by atoms with Crippen LogP contribution in [0.4, 0.5) is 0 Å². The van der Waals surface area contributed by atoms with E-state index in [1.807, 2.05) is 0 Å². The molecule has 0 aromatic carbocycles. The normalized spacial score (nSPS) is 22.1. The summed E-state index contributed by atoms with van der Waals surface area (Å²) in [5, 5.41) is 0. The van der Waals surface area contributed by atoms with Crippen LogP contribution in [0.15, 0.2) is 0 Å². The van der Waals surface area contributed by atoms with Crippen molar-refractivity contribution < 1.29 is 27.2 Å². The van der Waals surface area contributed by atoms with Gasteiger partial charge in [-0.05, 0) is 59.3 Å². The zero-order valence-corrected chi connectivity index (χ0v) is 18.5. The van der Waals surface area contributed by atoms with Gasteiger partial charge in [-0.1, -0.05) is 6.92 Å². The quantitative estimate of drug-likeness (QED) is 0.337. The molecule has 0 saturated heterocycles. The summed E-state index contributed by atoms with van der Waals surface area (Å²) in [5.41, 5.74) is 4.89. The molecule has 0 spiro atoms. The fraction of sp³-hybridized carbons (Fsp3) is 1.00. The molecule has 1 aliphatic rings. The topological polar surface area (TPSA) is 95.1 Å². The minimum atomic E-state index is -3.78. The summed E-state index contributed by atoms with van der Waals surface area (Å²) in [5.74, 6) is 0.708. The van der Waals surface area contributed by atoms with Gasteiger partial charge in [-0.3, -0.25) is 14.6 Å². The van der Waals surface area contributed by atoms with Gasteiger partial charge in [0.1, 0.15) is 0 Å². The van der Waals surface area contributed by atoms with E-state index < -0.39 is 20.7 Å². The minimum absolute atomic E-state index is 0.161. The van der Waals surface area contributed by atoms with Crippen LogP contribution in [0.5, 0.6) is 0 Å². The summed E-state index contributed by atoms with van der Waals surface area (Å²) in [6.07, 6.45) is 4.21. The van der Waals surface area contributed by atoms with Gasteiger partial charge in [0.05, 0.1) is 26.4 Å². The van der Waals surface area contributed by atoms with Gasteiger partial charge in [-0.15, -0.1) is 0 Å². The Morgan fingerprint density at radius 1 is 0.808 bits per heavy atom. The second-order valence-corrected chi connectivity index (χ2v) is 11.0. The van der Waals surface area contributed by atoms with Crippen molar-refractivity contribution in [3.8, 4) is 0 Å². The molecular weight excluding hydrogens is 378 g/mol. The second kappa shape index (κ2) is 11.9. The van der Waals surface area contributed by atoms with Crippen molar-refractivity contribution in [2.24, 2.45) is 5.92 Å². The lowest BCUT2D eigenvalue weighted by atomic mass is 9.88. The van der Waals surface area contributed by atoms with E-state index in [1.54, 1.807) is 27.7 Å². The molecule has 0 atom stereocenters. The van der Waals surface area contributed by atoms with Crippen LogP contribution in [0.3, 0.4) is 0 Å². The number of rotatable bonds is 13. The van der Waals surface area contributed by atoms with Crippen molar-refractivity contribution in [2.45, 2.75) is 71.9 Å². The molecule has 8 nitrogen and oxygen atoms in total. The smallest absolute Gasteiger partial charge is 0.307 e. The van der Waals surface area contributed by atoms with Gasteiger partial charge < -0.3 is 18.1 Å². The Balaban J connectivity index is 3.02. The molecule has 156 valence electrons. The molecule has 0 aromatic rings. The van der Waals surface area contributed by atoms with Gasteiger partial charge in [-0.2, -0.15) is 0 Å². The summed E-state index contributed by atoms with van der Waals surface area (Å²) in [7, 11) is -7.55. The van der Waals surface area contributed by atoms with E-state index in [9.17, 15) is 9.13 Å². The van der Waals surface area contributed by atoms with Gasteiger partial charge in [0, 0.05) is 6.04 Å². The first kappa shape index (κ1) is 24.3. The van der Waals surface area contributed by atoms with Gasteiger partial charge in [0.25, 0.3) is 0 Å². The van der Waals surface area contributed by atoms with E-state index in [4.69, 9.17) is 18.1 Å². The van der Waals surface area contributed by atoms with E-state index in [0.717, 1.165) is 25.7 Å². The lowest BCUT2D eigenvalue weighted by molar-refractivity contribution is 0.182. The lowest BCUT2D eigenvalue weighted by Crippen LogP contribution is -2.48. The number of hydrogen-bond donors (Lipinski definition) is 2. The van der Waals surface area contributed by atoms with Crippen molar-refractivity contribution in [1.29, 1.82) is 0 Å². The van der Waals surface area contributed by atoms with Gasteiger partial charge in [0.15, 0.2) is 0 Å². The van der Waals surface area contributed by atoms with E-state index in [-0.39, 0.29) is 32.5 Å². The monoisotopic (exact) mass is 414 g/mol. The summed E-state index contributed by atoms with van der Waals surface area (Å²) in [6.45, 7) is 9.74. The average molecular weight is 414 g/mol. The third kappa shape index (κ3) is 6.99. The zero-order valence-electron chi connectivity index (χ0n) is 16.7. The Morgan fingerprint density at radius 3 is 1.54 bits per heavy atom. The van der Waals surface area contributed by atoms with E-state index in [1.165, 1.54) is 0 Å². The first-order chi connectivity index (χ1) is 12.3. The average Bonchev–Trinajstić information content (AvgIpc) is 2.57. The Morgan fingerprint density at radius 2 is 1.19 bits per heavy atom. The number of hydrazine groups is 1. The first-order valence-corrected chi connectivity index (χ1v) is 12.9. The van der Waals surface area contributed by atoms with Crippen LogP contribution < -0.4 is 10.9 Å². The highest BCUT2D eigenvalue weighted by Gasteiger charge is 2.51. The van der Waals surface area contributed by atoms with Crippen molar-refractivity contribution in [3.63, 3.8) is 0 Å². The molecule has 0 heterocycles. The predicted molar refractivity (Wildman–Crippen MR) is 103 cm³/mol. The van der Waals surface area contributed by atoms with Crippen molar-refractivity contribution >= 4 is 15.2 Å². The Kier molecular flexibility index (Phi) is 11.1. The molecule has 0 bridgehead atoms. The molecule has 0 radical (unpaired) electrons.